The molecule has 2 atom stereocenters. The van der Waals surface area contributed by atoms with Crippen LogP contribution >= 0.6 is 11.6 Å². The molecule has 0 radical (unpaired) electrons. The number of anilines is 1. The third-order valence-electron chi connectivity index (χ3n) is 7.84. The second kappa shape index (κ2) is 18.2. The predicted molar refractivity (Wildman–Crippen MR) is 192 cm³/mol. The van der Waals surface area contributed by atoms with Crippen LogP contribution in [-0.2, 0) is 20.7 Å². The van der Waals surface area contributed by atoms with Crippen LogP contribution in [0, 0.1) is 19.3 Å². The van der Waals surface area contributed by atoms with E-state index >= 15 is 0 Å². The second-order valence-electron chi connectivity index (χ2n) is 12.9. The van der Waals surface area contributed by atoms with Crippen LogP contribution in [0.15, 0.2) is 66.7 Å². The molecule has 0 spiro atoms. The Hall–Kier alpha value is -4.48. The normalized spacial score (nSPS) is 12.4. The molecule has 0 aromatic heterocycles. The molecular weight excluding hydrogens is 626 g/mol. The summed E-state index contributed by atoms with van der Waals surface area (Å²) in [6.45, 7) is 9.43. The topological polar surface area (TPSA) is 108 Å². The van der Waals surface area contributed by atoms with Gasteiger partial charge in [0.05, 0.1) is 10.7 Å². The summed E-state index contributed by atoms with van der Waals surface area (Å²) in [5, 5.41) is 16.0. The fourth-order valence-corrected chi connectivity index (χ4v) is 5.72. The third kappa shape index (κ3) is 11.3. The van der Waals surface area contributed by atoms with Crippen molar-refractivity contribution < 1.29 is 24.2 Å². The molecule has 0 aliphatic carbocycles. The highest BCUT2D eigenvalue weighted by Gasteiger charge is 2.37. The molecule has 48 heavy (non-hydrogen) atoms. The number of aromatic hydroxyl groups is 1. The van der Waals surface area contributed by atoms with Crippen LogP contribution in [0.2, 0.25) is 5.02 Å². The number of rotatable bonds is 15. The van der Waals surface area contributed by atoms with Gasteiger partial charge < -0.3 is 25.4 Å². The average Bonchev–Trinajstić information content (AvgIpc) is 3.03. The SMILES string of the molecule is C#Cc1ccccc1C(C(=O)Nc1c(C)cccc1Cl)N(CCCCCCCC)C(=O)C(Cc1ccc(O)cc1)NC(=O)OC(C)(C)C. The number of phenols is 1. The maximum atomic E-state index is 14.8. The van der Waals surface area contributed by atoms with Crippen LogP contribution in [-0.4, -0.2) is 46.1 Å². The Kier molecular flexibility index (Phi) is 14.4. The van der Waals surface area contributed by atoms with Crippen molar-refractivity contribution in [3.63, 3.8) is 0 Å². The summed E-state index contributed by atoms with van der Waals surface area (Å²) >= 11 is 6.52. The summed E-state index contributed by atoms with van der Waals surface area (Å²) in [5.41, 5.74) is 2.01. The molecule has 9 heteroatoms. The molecule has 3 amide bonds. The van der Waals surface area contributed by atoms with Gasteiger partial charge >= 0.3 is 6.09 Å². The number of phenolic OH excluding ortho intramolecular Hbond substituents is 1. The van der Waals surface area contributed by atoms with E-state index < -0.39 is 35.6 Å². The Morgan fingerprint density at radius 1 is 0.958 bits per heavy atom. The number of benzene rings is 3. The minimum Gasteiger partial charge on any atom is -0.508 e. The summed E-state index contributed by atoms with van der Waals surface area (Å²) in [5.74, 6) is 1.78. The number of aryl methyl sites for hydroxylation is 1. The van der Waals surface area contributed by atoms with E-state index in [1.54, 1.807) is 69.3 Å². The first kappa shape index (κ1) is 38.0. The van der Waals surface area contributed by atoms with E-state index in [4.69, 9.17) is 22.8 Å². The number of para-hydroxylation sites is 1. The molecule has 0 aliphatic rings. The molecule has 0 heterocycles. The lowest BCUT2D eigenvalue weighted by molar-refractivity contribution is -0.140. The van der Waals surface area contributed by atoms with E-state index in [1.165, 1.54) is 17.0 Å². The maximum absolute atomic E-state index is 14.8. The molecule has 256 valence electrons. The van der Waals surface area contributed by atoms with Gasteiger partial charge in [0, 0.05) is 18.5 Å². The minimum atomic E-state index is -1.15. The zero-order valence-electron chi connectivity index (χ0n) is 28.6. The number of hydrogen-bond acceptors (Lipinski definition) is 5. The van der Waals surface area contributed by atoms with Crippen molar-refractivity contribution in [2.75, 3.05) is 11.9 Å². The Bertz CT molecular complexity index is 1560. The number of nitrogens with one attached hydrogen (secondary N) is 2. The van der Waals surface area contributed by atoms with Crippen molar-refractivity contribution in [1.29, 1.82) is 0 Å². The van der Waals surface area contributed by atoms with Crippen LogP contribution in [0.5, 0.6) is 5.75 Å². The van der Waals surface area contributed by atoms with Crippen molar-refractivity contribution in [2.45, 2.75) is 97.2 Å². The number of unbranched alkanes of at least 4 members (excludes halogenated alkanes) is 5. The number of halogens is 1. The van der Waals surface area contributed by atoms with Crippen molar-refractivity contribution >= 4 is 35.2 Å². The van der Waals surface area contributed by atoms with Crippen LogP contribution in [0.1, 0.15) is 94.5 Å². The average molecular weight is 674 g/mol. The van der Waals surface area contributed by atoms with Gasteiger partial charge in [-0.15, -0.1) is 6.42 Å². The molecule has 3 N–H and O–H groups in total. The second-order valence-corrected chi connectivity index (χ2v) is 13.3. The summed E-state index contributed by atoms with van der Waals surface area (Å²) in [6, 6.07) is 16.5. The molecule has 2 unspecified atom stereocenters. The van der Waals surface area contributed by atoms with E-state index in [9.17, 15) is 19.5 Å². The van der Waals surface area contributed by atoms with Crippen molar-refractivity contribution in [2.24, 2.45) is 0 Å². The van der Waals surface area contributed by atoms with Gasteiger partial charge in [-0.1, -0.05) is 99.0 Å². The Morgan fingerprint density at radius 3 is 2.27 bits per heavy atom. The number of terminal acetylenes is 1. The number of nitrogens with zero attached hydrogens (tertiary/aromatic N) is 1. The molecule has 0 fully saturated rings. The molecule has 8 nitrogen and oxygen atoms in total. The summed E-state index contributed by atoms with van der Waals surface area (Å²) < 4.78 is 5.54. The van der Waals surface area contributed by atoms with Crippen molar-refractivity contribution in [1.82, 2.24) is 10.2 Å². The highest BCUT2D eigenvalue weighted by atomic mass is 35.5. The molecule has 3 aromatic rings. The van der Waals surface area contributed by atoms with Gasteiger partial charge in [-0.25, -0.2) is 4.79 Å². The van der Waals surface area contributed by atoms with Crippen LogP contribution in [0.3, 0.4) is 0 Å². The molecule has 0 saturated carbocycles. The quantitative estimate of drug-likeness (QED) is 0.111. The maximum Gasteiger partial charge on any atom is 0.408 e. The van der Waals surface area contributed by atoms with E-state index in [0.29, 0.717) is 33.8 Å². The standard InChI is InChI=1S/C39H48ClN3O5/c1-7-9-10-11-12-15-25-43(37(46)33(41-38(47)48-39(4,5)6)26-28-21-23-30(44)24-22-28)35(31-19-14-13-18-29(31)8-2)36(45)42-34-27(3)17-16-20-32(34)40/h2,13-14,16-24,33,35,44H,7,9-12,15,25-26H2,1,3-6H3,(H,41,47)(H,42,45). The molecule has 0 bridgehead atoms. The van der Waals surface area contributed by atoms with Crippen LogP contribution < -0.4 is 10.6 Å². The van der Waals surface area contributed by atoms with Gasteiger partial charge in [0.25, 0.3) is 5.91 Å². The van der Waals surface area contributed by atoms with Crippen LogP contribution in [0.25, 0.3) is 0 Å². The Balaban J connectivity index is 2.13. The number of carbonyl (C=O) groups is 3. The molecular formula is C39H48ClN3O5. The number of alkyl carbamates (subject to hydrolysis) is 1. The third-order valence-corrected chi connectivity index (χ3v) is 8.16. The zero-order valence-corrected chi connectivity index (χ0v) is 29.4. The zero-order chi connectivity index (χ0) is 35.3. The van der Waals surface area contributed by atoms with E-state index in [-0.39, 0.29) is 18.7 Å². The number of amides is 3. The summed E-state index contributed by atoms with van der Waals surface area (Å²) in [7, 11) is 0. The van der Waals surface area contributed by atoms with E-state index in [1.807, 2.05) is 13.0 Å². The van der Waals surface area contributed by atoms with E-state index in [2.05, 4.69) is 23.5 Å². The fraction of sp³-hybridized carbons (Fsp3) is 0.410. The first-order valence-corrected chi connectivity index (χ1v) is 16.9. The van der Waals surface area contributed by atoms with Crippen molar-refractivity contribution in [3.05, 3.63) is 94.0 Å². The van der Waals surface area contributed by atoms with Gasteiger partial charge in [0.2, 0.25) is 5.91 Å². The minimum absolute atomic E-state index is 0.0731. The molecule has 3 rings (SSSR count). The predicted octanol–water partition coefficient (Wildman–Crippen LogP) is 8.34. The lowest BCUT2D eigenvalue weighted by Gasteiger charge is -2.35. The lowest BCUT2D eigenvalue weighted by atomic mass is 9.96. The van der Waals surface area contributed by atoms with E-state index in [0.717, 1.165) is 37.7 Å². The fourth-order valence-electron chi connectivity index (χ4n) is 5.45. The highest BCUT2D eigenvalue weighted by Crippen LogP contribution is 2.31. The first-order chi connectivity index (χ1) is 22.8. The number of hydrogen-bond donors (Lipinski definition) is 3. The Labute approximate surface area is 290 Å². The highest BCUT2D eigenvalue weighted by molar-refractivity contribution is 6.34. The smallest absolute Gasteiger partial charge is 0.408 e. The van der Waals surface area contributed by atoms with Gasteiger partial charge in [-0.2, -0.15) is 0 Å². The monoisotopic (exact) mass is 673 g/mol. The van der Waals surface area contributed by atoms with Gasteiger partial charge in [-0.3, -0.25) is 9.59 Å². The largest absolute Gasteiger partial charge is 0.508 e. The van der Waals surface area contributed by atoms with Crippen LogP contribution in [0.4, 0.5) is 10.5 Å². The molecule has 3 aromatic carbocycles. The first-order valence-electron chi connectivity index (χ1n) is 16.5. The lowest BCUT2D eigenvalue weighted by Crippen LogP contribution is -2.53. The molecule has 0 saturated heterocycles. The van der Waals surface area contributed by atoms with Gasteiger partial charge in [0.1, 0.15) is 23.4 Å². The Morgan fingerprint density at radius 2 is 1.62 bits per heavy atom. The van der Waals surface area contributed by atoms with Gasteiger partial charge in [0.15, 0.2) is 0 Å². The summed E-state index contributed by atoms with van der Waals surface area (Å²) in [6.07, 6.45) is 11.0. The molecule has 0 aliphatic heterocycles. The van der Waals surface area contributed by atoms with Crippen molar-refractivity contribution in [3.8, 4) is 18.1 Å². The summed E-state index contributed by atoms with van der Waals surface area (Å²) in [4.78, 5) is 43.9. The number of carbonyl (C=O) groups excluding carboxylic acids is 3. The van der Waals surface area contributed by atoms with Gasteiger partial charge in [-0.05, 0) is 75.1 Å². The number of ether oxygens (including phenoxy) is 1.